The smallest absolute Gasteiger partial charge is 0.251 e. The monoisotopic (exact) mass is 289 g/mol. The summed E-state index contributed by atoms with van der Waals surface area (Å²) in [7, 11) is 0. The number of ether oxygens (including phenoxy) is 1. The number of aromatic nitrogens is 1. The number of thioether (sulfide) groups is 1. The largest absolute Gasteiger partial charge is 0.618 e. The number of hydrogen-bond acceptors (Lipinski definition) is 4. The van der Waals surface area contributed by atoms with Crippen LogP contribution < -0.4 is 9.47 Å². The number of hydrogen-bond donors (Lipinski definition) is 0. The quantitative estimate of drug-likeness (QED) is 0.355. The van der Waals surface area contributed by atoms with Gasteiger partial charge in [-0.1, -0.05) is 0 Å². The Morgan fingerprint density at radius 1 is 1.25 bits per heavy atom. The third-order valence-electron chi connectivity index (χ3n) is 2.63. The Hall–Kier alpha value is -2.01. The Kier molecular flexibility index (Phi) is 5.01. The molecule has 1 heterocycles. The molecule has 0 fully saturated rings. The van der Waals surface area contributed by atoms with Gasteiger partial charge in [-0.25, -0.2) is 0 Å². The van der Waals surface area contributed by atoms with Crippen LogP contribution in [0.4, 0.5) is 0 Å². The highest BCUT2D eigenvalue weighted by molar-refractivity contribution is 7.99. The van der Waals surface area contributed by atoms with Gasteiger partial charge < -0.3 is 9.94 Å². The highest BCUT2D eigenvalue weighted by Crippen LogP contribution is 2.17. The maximum absolute atomic E-state index is 12.0. The summed E-state index contributed by atoms with van der Waals surface area (Å²) in [6.07, 6.45) is 1.42. The summed E-state index contributed by atoms with van der Waals surface area (Å²) >= 11 is 1.23. The second-order valence-electron chi connectivity index (χ2n) is 4.03. The molecule has 0 bridgehead atoms. The van der Waals surface area contributed by atoms with E-state index in [-0.39, 0.29) is 11.5 Å². The van der Waals surface area contributed by atoms with Crippen molar-refractivity contribution in [1.29, 1.82) is 0 Å². The molecule has 5 heteroatoms. The van der Waals surface area contributed by atoms with E-state index in [2.05, 4.69) is 0 Å². The van der Waals surface area contributed by atoms with E-state index in [1.807, 2.05) is 6.92 Å². The van der Waals surface area contributed by atoms with Crippen molar-refractivity contribution < 1.29 is 14.3 Å². The highest BCUT2D eigenvalue weighted by Gasteiger charge is 2.11. The maximum Gasteiger partial charge on any atom is 0.251 e. The zero-order valence-electron chi connectivity index (χ0n) is 11.1. The first kappa shape index (κ1) is 14.4. The second kappa shape index (κ2) is 6.96. The van der Waals surface area contributed by atoms with Gasteiger partial charge in [0.15, 0.2) is 12.0 Å². The van der Waals surface area contributed by atoms with Crippen molar-refractivity contribution >= 4 is 17.5 Å². The lowest BCUT2D eigenvalue weighted by molar-refractivity contribution is -0.645. The Morgan fingerprint density at radius 3 is 2.65 bits per heavy atom. The number of benzene rings is 1. The summed E-state index contributed by atoms with van der Waals surface area (Å²) in [5.74, 6) is 0.972. The fraction of sp³-hybridized carbons (Fsp3) is 0.200. The molecule has 0 saturated carbocycles. The van der Waals surface area contributed by atoms with E-state index in [4.69, 9.17) is 4.74 Å². The van der Waals surface area contributed by atoms with Crippen molar-refractivity contribution in [2.45, 2.75) is 11.9 Å². The summed E-state index contributed by atoms with van der Waals surface area (Å²) in [5.41, 5.74) is 0.620. The van der Waals surface area contributed by atoms with Crippen LogP contribution in [0.25, 0.3) is 0 Å². The Labute approximate surface area is 122 Å². The van der Waals surface area contributed by atoms with Crippen molar-refractivity contribution in [1.82, 2.24) is 0 Å². The third-order valence-corrected chi connectivity index (χ3v) is 3.65. The predicted octanol–water partition coefficient (Wildman–Crippen LogP) is 2.69. The number of nitrogens with zero attached hydrogens (tertiary/aromatic N) is 1. The van der Waals surface area contributed by atoms with Gasteiger partial charge >= 0.3 is 0 Å². The van der Waals surface area contributed by atoms with Crippen molar-refractivity contribution in [3.8, 4) is 5.75 Å². The zero-order chi connectivity index (χ0) is 14.4. The topological polar surface area (TPSA) is 53.2 Å². The maximum atomic E-state index is 12.0. The molecule has 0 unspecified atom stereocenters. The number of rotatable bonds is 6. The average Bonchev–Trinajstić information content (AvgIpc) is 2.47. The van der Waals surface area contributed by atoms with Crippen molar-refractivity contribution in [2.75, 3.05) is 12.4 Å². The number of pyridine rings is 1. The van der Waals surface area contributed by atoms with Crippen molar-refractivity contribution in [3.63, 3.8) is 0 Å². The first-order chi connectivity index (χ1) is 9.70. The Balaban J connectivity index is 1.96. The second-order valence-corrected chi connectivity index (χ2v) is 5.03. The fourth-order valence-electron chi connectivity index (χ4n) is 1.65. The molecule has 1 aromatic carbocycles. The summed E-state index contributed by atoms with van der Waals surface area (Å²) in [4.78, 5) is 12.0. The molecule has 0 aliphatic carbocycles. The average molecular weight is 289 g/mol. The SMILES string of the molecule is CCOc1ccc(C(=O)CSc2cccc[n+]2[O-])cc1. The van der Waals surface area contributed by atoms with E-state index in [0.29, 0.717) is 17.2 Å². The minimum absolute atomic E-state index is 0.0121. The molecule has 0 aliphatic heterocycles. The van der Waals surface area contributed by atoms with E-state index in [9.17, 15) is 10.0 Å². The number of carbonyl (C=O) groups is 1. The van der Waals surface area contributed by atoms with Crippen molar-refractivity contribution in [2.24, 2.45) is 0 Å². The van der Waals surface area contributed by atoms with Crippen LogP contribution in [0.2, 0.25) is 0 Å². The molecule has 1 aromatic heterocycles. The van der Waals surface area contributed by atoms with Crippen LogP contribution in [0.1, 0.15) is 17.3 Å². The molecule has 104 valence electrons. The Bertz CT molecular complexity index is 584. The van der Waals surface area contributed by atoms with Gasteiger partial charge in [-0.05, 0) is 49.0 Å². The van der Waals surface area contributed by atoms with Gasteiger partial charge in [0, 0.05) is 17.7 Å². The molecule has 2 rings (SSSR count). The summed E-state index contributed by atoms with van der Waals surface area (Å²) in [5, 5.41) is 12.0. The zero-order valence-corrected chi connectivity index (χ0v) is 11.9. The van der Waals surface area contributed by atoms with E-state index < -0.39 is 0 Å². The van der Waals surface area contributed by atoms with Crippen LogP contribution >= 0.6 is 11.8 Å². The summed E-state index contributed by atoms with van der Waals surface area (Å²) in [6.45, 7) is 2.51. The molecule has 0 saturated heterocycles. The van der Waals surface area contributed by atoms with Gasteiger partial charge in [-0.2, -0.15) is 4.73 Å². The van der Waals surface area contributed by atoms with Gasteiger partial charge in [0.1, 0.15) is 5.75 Å². The highest BCUT2D eigenvalue weighted by atomic mass is 32.2. The van der Waals surface area contributed by atoms with E-state index in [1.165, 1.54) is 18.0 Å². The van der Waals surface area contributed by atoms with Gasteiger partial charge in [0.2, 0.25) is 0 Å². The number of ketones is 1. The molecule has 20 heavy (non-hydrogen) atoms. The molecule has 0 radical (unpaired) electrons. The van der Waals surface area contributed by atoms with Gasteiger partial charge in [0.25, 0.3) is 5.03 Å². The van der Waals surface area contributed by atoms with Crippen LogP contribution in [-0.4, -0.2) is 18.1 Å². The molecular weight excluding hydrogens is 274 g/mol. The molecule has 0 N–H and O–H groups in total. The van der Waals surface area contributed by atoms with E-state index in [1.54, 1.807) is 42.5 Å². The van der Waals surface area contributed by atoms with Crippen molar-refractivity contribution in [3.05, 3.63) is 59.4 Å². The molecule has 0 spiro atoms. The predicted molar refractivity (Wildman–Crippen MR) is 78.1 cm³/mol. The Morgan fingerprint density at radius 2 is 2.00 bits per heavy atom. The third kappa shape index (κ3) is 3.74. The molecule has 0 amide bonds. The standard InChI is InChI=1S/C15H15NO3S/c1-2-19-13-8-6-12(7-9-13)14(17)11-20-15-5-3-4-10-16(15)18/h3-10H,2,11H2,1H3. The number of Topliss-reactive ketones (excluding diaryl/α,β-unsaturated/α-hetero) is 1. The van der Waals surface area contributed by atoms with Crippen LogP contribution in [0.3, 0.4) is 0 Å². The first-order valence-corrected chi connectivity index (χ1v) is 7.26. The minimum atomic E-state index is -0.0121. The lowest BCUT2D eigenvalue weighted by Gasteiger charge is -2.05. The van der Waals surface area contributed by atoms with Crippen LogP contribution in [-0.2, 0) is 0 Å². The summed E-state index contributed by atoms with van der Waals surface area (Å²) in [6, 6.07) is 12.2. The van der Waals surface area contributed by atoms with Gasteiger partial charge in [-0.15, -0.1) is 0 Å². The number of carbonyl (C=O) groups excluding carboxylic acids is 1. The minimum Gasteiger partial charge on any atom is -0.618 e. The molecular formula is C15H15NO3S. The molecule has 4 nitrogen and oxygen atoms in total. The van der Waals surface area contributed by atoms with Gasteiger partial charge in [-0.3, -0.25) is 4.79 Å². The van der Waals surface area contributed by atoms with Crippen LogP contribution in [0, 0.1) is 5.21 Å². The fourth-order valence-corrected chi connectivity index (χ4v) is 2.46. The molecule has 2 aromatic rings. The van der Waals surface area contributed by atoms with Gasteiger partial charge in [0.05, 0.1) is 12.4 Å². The van der Waals surface area contributed by atoms with E-state index >= 15 is 0 Å². The van der Waals surface area contributed by atoms with Crippen LogP contribution in [0.5, 0.6) is 5.75 Å². The lowest BCUT2D eigenvalue weighted by Crippen LogP contribution is -2.28. The van der Waals surface area contributed by atoms with Crippen LogP contribution in [0.15, 0.2) is 53.7 Å². The first-order valence-electron chi connectivity index (χ1n) is 6.27. The van der Waals surface area contributed by atoms with E-state index in [0.717, 1.165) is 10.5 Å². The molecule has 0 atom stereocenters. The molecule has 0 aliphatic rings. The lowest BCUT2D eigenvalue weighted by atomic mass is 10.1. The normalized spacial score (nSPS) is 10.2. The summed E-state index contributed by atoms with van der Waals surface area (Å²) < 4.78 is 6.08.